The van der Waals surface area contributed by atoms with Gasteiger partial charge in [0.2, 0.25) is 11.8 Å². The molecule has 0 aromatic rings. The number of amides is 1. The van der Waals surface area contributed by atoms with Crippen LogP contribution in [0.5, 0.6) is 0 Å². The highest BCUT2D eigenvalue weighted by molar-refractivity contribution is 5.78. The highest BCUT2D eigenvalue weighted by Crippen LogP contribution is 2.36. The maximum absolute atomic E-state index is 13.0. The van der Waals surface area contributed by atoms with Gasteiger partial charge in [0.25, 0.3) is 0 Å². The predicted molar refractivity (Wildman–Crippen MR) is 64.8 cm³/mol. The summed E-state index contributed by atoms with van der Waals surface area (Å²) in [6.07, 6.45) is -0.0370. The van der Waals surface area contributed by atoms with Crippen LogP contribution in [0.25, 0.3) is 0 Å². The van der Waals surface area contributed by atoms with Gasteiger partial charge in [-0.05, 0) is 26.7 Å². The topological polar surface area (TPSA) is 47.6 Å². The highest BCUT2D eigenvalue weighted by Gasteiger charge is 2.38. The zero-order valence-corrected chi connectivity index (χ0v) is 11.4. The first kappa shape index (κ1) is 14.7. The zero-order valence-electron chi connectivity index (χ0n) is 11.4. The van der Waals surface area contributed by atoms with E-state index in [9.17, 15) is 13.6 Å². The number of rotatable bonds is 3. The normalized spacial score (nSPS) is 30.2. The molecule has 0 radical (unpaired) electrons. The van der Waals surface area contributed by atoms with Crippen LogP contribution in [0.15, 0.2) is 0 Å². The van der Waals surface area contributed by atoms with E-state index in [1.165, 1.54) is 0 Å². The molecule has 1 atom stereocenters. The van der Waals surface area contributed by atoms with Crippen molar-refractivity contribution in [2.24, 2.45) is 5.92 Å². The summed E-state index contributed by atoms with van der Waals surface area (Å²) >= 11 is 0. The average molecular weight is 277 g/mol. The van der Waals surface area contributed by atoms with Crippen LogP contribution in [0.4, 0.5) is 8.78 Å². The van der Waals surface area contributed by atoms with Gasteiger partial charge in [-0.25, -0.2) is 8.78 Å². The zero-order chi connectivity index (χ0) is 14.1. The molecule has 1 aliphatic carbocycles. The summed E-state index contributed by atoms with van der Waals surface area (Å²) in [6, 6.07) is 0. The molecule has 2 rings (SSSR count). The maximum Gasteiger partial charge on any atom is 0.248 e. The van der Waals surface area contributed by atoms with Crippen LogP contribution in [-0.4, -0.2) is 36.9 Å². The van der Waals surface area contributed by atoms with E-state index in [1.807, 2.05) is 13.8 Å². The van der Waals surface area contributed by atoms with Gasteiger partial charge in [0.1, 0.15) is 6.10 Å². The van der Waals surface area contributed by atoms with Crippen molar-refractivity contribution in [3.8, 4) is 0 Å². The third kappa shape index (κ3) is 4.11. The summed E-state index contributed by atoms with van der Waals surface area (Å²) in [6.45, 7) is 4.45. The van der Waals surface area contributed by atoms with Crippen molar-refractivity contribution in [3.05, 3.63) is 0 Å². The van der Waals surface area contributed by atoms with Gasteiger partial charge in [0.05, 0.1) is 6.61 Å². The lowest BCUT2D eigenvalue weighted by Gasteiger charge is -2.27. The molecule has 1 saturated carbocycles. The number of alkyl halides is 2. The molecule has 0 spiro atoms. The Balaban J connectivity index is 1.71. The van der Waals surface area contributed by atoms with Crippen molar-refractivity contribution in [1.29, 1.82) is 0 Å². The molecule has 0 aromatic heterocycles. The quantitative estimate of drug-likeness (QED) is 0.859. The third-order valence-electron chi connectivity index (χ3n) is 3.66. The van der Waals surface area contributed by atoms with E-state index >= 15 is 0 Å². The van der Waals surface area contributed by atoms with Crippen molar-refractivity contribution in [2.45, 2.75) is 57.3 Å². The second-order valence-corrected chi connectivity index (χ2v) is 5.83. The Morgan fingerprint density at radius 1 is 1.32 bits per heavy atom. The average Bonchev–Trinajstić information content (AvgIpc) is 2.66. The number of nitrogens with one attached hydrogen (secondary N) is 1. The fourth-order valence-corrected chi connectivity index (χ4v) is 2.52. The van der Waals surface area contributed by atoms with Crippen LogP contribution in [0.3, 0.4) is 0 Å². The molecular formula is C13H21F2NO3. The minimum Gasteiger partial charge on any atom is -0.353 e. The summed E-state index contributed by atoms with van der Waals surface area (Å²) in [4.78, 5) is 11.9. The smallest absolute Gasteiger partial charge is 0.248 e. The minimum atomic E-state index is -2.59. The Bertz CT molecular complexity index is 337. The molecule has 1 amide bonds. The number of ether oxygens (including phenoxy) is 2. The second-order valence-electron chi connectivity index (χ2n) is 5.83. The van der Waals surface area contributed by atoms with Gasteiger partial charge < -0.3 is 14.8 Å². The molecule has 1 unspecified atom stereocenters. The van der Waals surface area contributed by atoms with Crippen LogP contribution in [0, 0.1) is 5.92 Å². The van der Waals surface area contributed by atoms with Gasteiger partial charge in [-0.2, -0.15) is 0 Å². The molecule has 1 heterocycles. The van der Waals surface area contributed by atoms with E-state index < -0.39 is 11.7 Å². The molecule has 110 valence electrons. The van der Waals surface area contributed by atoms with Gasteiger partial charge in [0.15, 0.2) is 5.79 Å². The van der Waals surface area contributed by atoms with Gasteiger partial charge in [0, 0.05) is 25.3 Å². The lowest BCUT2D eigenvalue weighted by atomic mass is 9.86. The monoisotopic (exact) mass is 277 g/mol. The van der Waals surface area contributed by atoms with Crippen LogP contribution in [0.2, 0.25) is 0 Å². The Morgan fingerprint density at radius 3 is 2.47 bits per heavy atom. The number of halogens is 2. The summed E-state index contributed by atoms with van der Waals surface area (Å²) in [7, 11) is 0. The van der Waals surface area contributed by atoms with E-state index in [1.54, 1.807) is 0 Å². The standard InChI is InChI=1S/C13H21F2NO3/c1-12(2)18-8-10(19-12)7-16-11(17)9-3-5-13(14,15)6-4-9/h9-10H,3-8H2,1-2H3,(H,16,17). The van der Waals surface area contributed by atoms with Crippen molar-refractivity contribution < 1.29 is 23.0 Å². The Hall–Kier alpha value is -0.750. The van der Waals surface area contributed by atoms with E-state index in [0.29, 0.717) is 13.2 Å². The van der Waals surface area contributed by atoms with Crippen molar-refractivity contribution >= 4 is 5.91 Å². The number of hydrogen-bond donors (Lipinski definition) is 1. The van der Waals surface area contributed by atoms with Gasteiger partial charge >= 0.3 is 0 Å². The largest absolute Gasteiger partial charge is 0.353 e. The molecule has 6 heteroatoms. The first-order valence-corrected chi connectivity index (χ1v) is 6.75. The second kappa shape index (κ2) is 5.32. The van der Waals surface area contributed by atoms with Crippen LogP contribution in [0.1, 0.15) is 39.5 Å². The summed E-state index contributed by atoms with van der Waals surface area (Å²) in [5, 5.41) is 2.77. The van der Waals surface area contributed by atoms with Gasteiger partial charge in [-0.15, -0.1) is 0 Å². The van der Waals surface area contributed by atoms with Gasteiger partial charge in [-0.1, -0.05) is 0 Å². The molecule has 2 aliphatic rings. The van der Waals surface area contributed by atoms with E-state index in [2.05, 4.69) is 5.32 Å². The number of carbonyl (C=O) groups excluding carboxylic acids is 1. The molecule has 4 nitrogen and oxygen atoms in total. The Labute approximate surface area is 111 Å². The van der Waals surface area contributed by atoms with Crippen LogP contribution < -0.4 is 5.32 Å². The van der Waals surface area contributed by atoms with Crippen molar-refractivity contribution in [1.82, 2.24) is 5.32 Å². The summed E-state index contributed by atoms with van der Waals surface area (Å²) in [5.41, 5.74) is 0. The molecular weight excluding hydrogens is 256 g/mol. The van der Waals surface area contributed by atoms with Crippen LogP contribution in [-0.2, 0) is 14.3 Å². The van der Waals surface area contributed by atoms with Gasteiger partial charge in [-0.3, -0.25) is 4.79 Å². The number of hydrogen-bond acceptors (Lipinski definition) is 3. The first-order chi connectivity index (χ1) is 8.77. The SMILES string of the molecule is CC1(C)OCC(CNC(=O)C2CCC(F)(F)CC2)O1. The lowest BCUT2D eigenvalue weighted by Crippen LogP contribution is -2.40. The Morgan fingerprint density at radius 2 is 1.95 bits per heavy atom. The Kier molecular flexibility index (Phi) is 4.11. The molecule has 0 aromatic carbocycles. The molecule has 19 heavy (non-hydrogen) atoms. The molecule has 0 bridgehead atoms. The molecule has 2 fully saturated rings. The van der Waals surface area contributed by atoms with Crippen molar-refractivity contribution in [3.63, 3.8) is 0 Å². The fourth-order valence-electron chi connectivity index (χ4n) is 2.52. The first-order valence-electron chi connectivity index (χ1n) is 6.75. The van der Waals surface area contributed by atoms with E-state index in [-0.39, 0.29) is 43.6 Å². The molecule has 1 N–H and O–H groups in total. The fraction of sp³-hybridized carbons (Fsp3) is 0.923. The van der Waals surface area contributed by atoms with Crippen molar-refractivity contribution in [2.75, 3.05) is 13.2 Å². The predicted octanol–water partition coefficient (Wildman–Crippen LogP) is 2.08. The summed E-state index contributed by atoms with van der Waals surface area (Å²) < 4.78 is 36.9. The maximum atomic E-state index is 13.0. The van der Waals surface area contributed by atoms with Crippen LogP contribution >= 0.6 is 0 Å². The molecule has 1 aliphatic heterocycles. The van der Waals surface area contributed by atoms with E-state index in [0.717, 1.165) is 0 Å². The number of carbonyl (C=O) groups is 1. The lowest BCUT2D eigenvalue weighted by molar-refractivity contribution is -0.140. The minimum absolute atomic E-state index is 0.149. The highest BCUT2D eigenvalue weighted by atomic mass is 19.3. The summed E-state index contributed by atoms with van der Waals surface area (Å²) in [5.74, 6) is -3.65. The molecule has 1 saturated heterocycles. The third-order valence-corrected chi connectivity index (χ3v) is 3.66. The van der Waals surface area contributed by atoms with E-state index in [4.69, 9.17) is 9.47 Å².